The van der Waals surface area contributed by atoms with Gasteiger partial charge in [0.15, 0.2) is 0 Å². The number of nitrogens with two attached hydrogens (primary N) is 1. The van der Waals surface area contributed by atoms with E-state index in [2.05, 4.69) is 5.43 Å². The van der Waals surface area contributed by atoms with Crippen LogP contribution in [-0.2, 0) is 9.53 Å². The number of hydrazine groups is 1. The topological polar surface area (TPSA) is 67.6 Å². The second kappa shape index (κ2) is 5.16. The predicted molar refractivity (Wildman–Crippen MR) is 65.2 cm³/mol. The molecular weight excluding hydrogens is 218 g/mol. The molecule has 3 N–H and O–H groups in total. The average molecular weight is 235 g/mol. The van der Waals surface area contributed by atoms with Crippen molar-refractivity contribution >= 4 is 11.6 Å². The number of nitrogen functional groups attached to an aromatic ring is 1. The van der Waals surface area contributed by atoms with E-state index >= 15 is 0 Å². The Morgan fingerprint density at radius 3 is 3.12 bits per heavy atom. The molecule has 0 bridgehead atoms. The van der Waals surface area contributed by atoms with Gasteiger partial charge in [-0.25, -0.2) is 0 Å². The molecule has 1 aromatic carbocycles. The Balaban J connectivity index is 2.13. The van der Waals surface area contributed by atoms with Crippen molar-refractivity contribution in [3.63, 3.8) is 0 Å². The maximum atomic E-state index is 11.3. The molecule has 1 unspecified atom stereocenters. The van der Waals surface area contributed by atoms with E-state index in [9.17, 15) is 4.79 Å². The number of rotatable bonds is 2. The highest BCUT2D eigenvalue weighted by molar-refractivity contribution is 5.73. The van der Waals surface area contributed by atoms with E-state index in [1.807, 2.05) is 24.3 Å². The number of benzene rings is 1. The first kappa shape index (κ1) is 11.9. The molecule has 1 atom stereocenters. The Kier molecular flexibility index (Phi) is 3.61. The van der Waals surface area contributed by atoms with Crippen LogP contribution in [0.15, 0.2) is 24.3 Å². The van der Waals surface area contributed by atoms with Gasteiger partial charge in [-0.05, 0) is 17.7 Å². The Morgan fingerprint density at radius 1 is 1.59 bits per heavy atom. The summed E-state index contributed by atoms with van der Waals surface area (Å²) >= 11 is 0. The zero-order chi connectivity index (χ0) is 12.3. The number of hydrogen-bond donors (Lipinski definition) is 2. The van der Waals surface area contributed by atoms with Crippen molar-refractivity contribution in [2.24, 2.45) is 5.84 Å². The summed E-state index contributed by atoms with van der Waals surface area (Å²) in [6, 6.07) is 7.72. The maximum Gasteiger partial charge on any atom is 0.219 e. The van der Waals surface area contributed by atoms with Crippen LogP contribution in [0.25, 0.3) is 0 Å². The van der Waals surface area contributed by atoms with Crippen molar-refractivity contribution in [3.8, 4) is 0 Å². The highest BCUT2D eigenvalue weighted by Crippen LogP contribution is 2.24. The molecule has 92 valence electrons. The van der Waals surface area contributed by atoms with Crippen LogP contribution in [0.4, 0.5) is 5.69 Å². The van der Waals surface area contributed by atoms with Gasteiger partial charge in [0.05, 0.1) is 13.2 Å². The number of anilines is 1. The van der Waals surface area contributed by atoms with Crippen molar-refractivity contribution in [1.29, 1.82) is 0 Å². The molecule has 0 aromatic heterocycles. The van der Waals surface area contributed by atoms with Crippen LogP contribution in [-0.4, -0.2) is 30.5 Å². The molecule has 0 aliphatic carbocycles. The minimum atomic E-state index is -0.0686. The van der Waals surface area contributed by atoms with Gasteiger partial charge in [0.2, 0.25) is 5.91 Å². The van der Waals surface area contributed by atoms with E-state index in [4.69, 9.17) is 10.6 Å². The van der Waals surface area contributed by atoms with Crippen LogP contribution in [0, 0.1) is 0 Å². The number of hydrogen-bond acceptors (Lipinski definition) is 4. The fourth-order valence-corrected chi connectivity index (χ4v) is 1.97. The molecule has 1 aromatic rings. The summed E-state index contributed by atoms with van der Waals surface area (Å²) < 4.78 is 5.68. The molecule has 17 heavy (non-hydrogen) atoms. The average Bonchev–Trinajstić information content (AvgIpc) is 2.39. The van der Waals surface area contributed by atoms with E-state index in [1.54, 1.807) is 11.8 Å². The quantitative estimate of drug-likeness (QED) is 0.590. The number of nitrogens with one attached hydrogen (secondary N) is 1. The van der Waals surface area contributed by atoms with Crippen molar-refractivity contribution in [1.82, 2.24) is 4.90 Å². The number of morpholine rings is 1. The predicted octanol–water partition coefficient (Wildman–Crippen LogP) is 0.892. The summed E-state index contributed by atoms with van der Waals surface area (Å²) in [6.45, 7) is 3.43. The van der Waals surface area contributed by atoms with Crippen molar-refractivity contribution in [2.45, 2.75) is 13.0 Å². The number of nitrogens with zero attached hydrogens (tertiary/aromatic N) is 1. The van der Waals surface area contributed by atoms with Crippen molar-refractivity contribution in [3.05, 3.63) is 29.8 Å². The van der Waals surface area contributed by atoms with Gasteiger partial charge < -0.3 is 15.1 Å². The van der Waals surface area contributed by atoms with Crippen LogP contribution >= 0.6 is 0 Å². The van der Waals surface area contributed by atoms with Gasteiger partial charge in [-0.1, -0.05) is 12.1 Å². The van der Waals surface area contributed by atoms with E-state index in [1.165, 1.54) is 0 Å². The summed E-state index contributed by atoms with van der Waals surface area (Å²) in [5, 5.41) is 0. The lowest BCUT2D eigenvalue weighted by Crippen LogP contribution is -2.41. The molecule has 1 amide bonds. The van der Waals surface area contributed by atoms with Crippen LogP contribution < -0.4 is 11.3 Å². The molecule has 0 radical (unpaired) electrons. The monoisotopic (exact) mass is 235 g/mol. The molecule has 1 heterocycles. The zero-order valence-corrected chi connectivity index (χ0v) is 9.85. The van der Waals surface area contributed by atoms with Crippen LogP contribution in [0.5, 0.6) is 0 Å². The number of carbonyl (C=O) groups is 1. The third-order valence-corrected chi connectivity index (χ3v) is 2.94. The van der Waals surface area contributed by atoms with Gasteiger partial charge in [0.25, 0.3) is 0 Å². The zero-order valence-electron chi connectivity index (χ0n) is 9.85. The van der Waals surface area contributed by atoms with Gasteiger partial charge in [-0.2, -0.15) is 0 Å². The summed E-state index contributed by atoms with van der Waals surface area (Å²) in [4.78, 5) is 13.1. The lowest BCUT2D eigenvalue weighted by molar-refractivity contribution is -0.136. The second-order valence-corrected chi connectivity index (χ2v) is 4.09. The fourth-order valence-electron chi connectivity index (χ4n) is 1.97. The largest absolute Gasteiger partial charge is 0.370 e. The fraction of sp³-hybridized carbons (Fsp3) is 0.417. The first-order chi connectivity index (χ1) is 8.20. The Morgan fingerprint density at radius 2 is 2.41 bits per heavy atom. The van der Waals surface area contributed by atoms with Gasteiger partial charge in [-0.15, -0.1) is 0 Å². The molecule has 2 rings (SSSR count). The van der Waals surface area contributed by atoms with E-state index in [0.717, 1.165) is 11.3 Å². The van der Waals surface area contributed by atoms with Crippen LogP contribution in [0.1, 0.15) is 18.6 Å². The molecule has 5 nitrogen and oxygen atoms in total. The van der Waals surface area contributed by atoms with Gasteiger partial charge in [0.1, 0.15) is 6.10 Å². The number of amides is 1. The number of carbonyl (C=O) groups excluding carboxylic acids is 1. The molecule has 1 aliphatic heterocycles. The van der Waals surface area contributed by atoms with Gasteiger partial charge >= 0.3 is 0 Å². The molecule has 1 saturated heterocycles. The third kappa shape index (κ3) is 2.75. The smallest absolute Gasteiger partial charge is 0.219 e. The first-order valence-electron chi connectivity index (χ1n) is 5.64. The first-order valence-corrected chi connectivity index (χ1v) is 5.64. The van der Waals surface area contributed by atoms with Gasteiger partial charge in [-0.3, -0.25) is 10.6 Å². The van der Waals surface area contributed by atoms with Crippen molar-refractivity contribution in [2.75, 3.05) is 25.1 Å². The van der Waals surface area contributed by atoms with E-state index < -0.39 is 0 Å². The Hall–Kier alpha value is -1.59. The summed E-state index contributed by atoms with van der Waals surface area (Å²) in [6.07, 6.45) is -0.0686. The molecular formula is C12H17N3O2. The standard InChI is InChI=1S/C12H17N3O2/c1-9(16)15-5-6-17-12(8-15)10-3-2-4-11(7-10)14-13/h2-4,7,12,14H,5-6,8,13H2,1H3. The highest BCUT2D eigenvalue weighted by atomic mass is 16.5. The third-order valence-electron chi connectivity index (χ3n) is 2.94. The molecule has 0 saturated carbocycles. The molecule has 5 heteroatoms. The van der Waals surface area contributed by atoms with E-state index in [-0.39, 0.29) is 12.0 Å². The Labute approximate surface area is 101 Å². The minimum absolute atomic E-state index is 0.0686. The maximum absolute atomic E-state index is 11.3. The highest BCUT2D eigenvalue weighted by Gasteiger charge is 2.23. The molecule has 0 spiro atoms. The lowest BCUT2D eigenvalue weighted by Gasteiger charge is -2.32. The molecule has 1 aliphatic rings. The minimum Gasteiger partial charge on any atom is -0.370 e. The second-order valence-electron chi connectivity index (χ2n) is 4.09. The van der Waals surface area contributed by atoms with E-state index in [0.29, 0.717) is 19.7 Å². The van der Waals surface area contributed by atoms with Gasteiger partial charge in [0, 0.05) is 19.2 Å². The summed E-state index contributed by atoms with van der Waals surface area (Å²) in [5.74, 6) is 5.46. The molecule has 1 fully saturated rings. The summed E-state index contributed by atoms with van der Waals surface area (Å²) in [7, 11) is 0. The van der Waals surface area contributed by atoms with Crippen LogP contribution in [0.3, 0.4) is 0 Å². The lowest BCUT2D eigenvalue weighted by atomic mass is 10.1. The number of ether oxygens (including phenoxy) is 1. The normalized spacial score (nSPS) is 20.1. The summed E-state index contributed by atoms with van der Waals surface area (Å²) in [5.41, 5.74) is 4.48. The Bertz CT molecular complexity index is 408. The van der Waals surface area contributed by atoms with Crippen LogP contribution in [0.2, 0.25) is 0 Å². The van der Waals surface area contributed by atoms with Crippen molar-refractivity contribution < 1.29 is 9.53 Å². The SMILES string of the molecule is CC(=O)N1CCOC(c2cccc(NN)c2)C1.